The average molecular weight is 625 g/mol. The second-order valence-electron chi connectivity index (χ2n) is 13.8. The first-order valence-electron chi connectivity index (χ1n) is 16.8. The summed E-state index contributed by atoms with van der Waals surface area (Å²) in [7, 11) is 1.74. The Hall–Kier alpha value is -3.20. The Morgan fingerprint density at radius 3 is 2.13 bits per heavy atom. The Morgan fingerprint density at radius 1 is 0.889 bits per heavy atom. The number of carbonyl (C=O) groups excluding carboxylic acids is 4. The first-order chi connectivity index (χ1) is 21.2. The molecule has 5 atom stereocenters. The maximum atomic E-state index is 13.9. The van der Waals surface area contributed by atoms with Crippen LogP contribution in [0.5, 0.6) is 0 Å². The molecule has 9 heteroatoms. The van der Waals surface area contributed by atoms with Gasteiger partial charge in [0.05, 0.1) is 12.1 Å². The van der Waals surface area contributed by atoms with Crippen molar-refractivity contribution in [2.75, 3.05) is 20.1 Å². The third-order valence-electron chi connectivity index (χ3n) is 9.32. The van der Waals surface area contributed by atoms with E-state index in [1.807, 2.05) is 71.0 Å². The van der Waals surface area contributed by atoms with Gasteiger partial charge in [-0.05, 0) is 77.3 Å². The minimum atomic E-state index is -0.687. The molecule has 9 nitrogen and oxygen atoms in total. The van der Waals surface area contributed by atoms with E-state index >= 15 is 0 Å². The quantitative estimate of drug-likeness (QED) is 0.256. The van der Waals surface area contributed by atoms with E-state index in [1.165, 1.54) is 0 Å². The van der Waals surface area contributed by atoms with Crippen molar-refractivity contribution in [1.29, 1.82) is 0 Å². The predicted molar refractivity (Wildman–Crippen MR) is 177 cm³/mol. The van der Waals surface area contributed by atoms with Gasteiger partial charge in [-0.25, -0.2) is 4.79 Å². The Labute approximate surface area is 270 Å². The standard InChI is InChI=1S/C36H56N4O5/c1-23(2)31(38(9)35(43)32(24(3)4)37-33(41)29-18-13-14-20-39(29)25(5)6)22-26(7)34(42)40-21-15-19-30(40)36(44)45-27(8)28-16-11-10-12-17-28/h10-12,16-17,22-25,27,29-32H,13-15,18-21H2,1-9H3,(H,37,41)/b26-22+/t27?,29-,30+,31-,32+/m1/s1. The largest absolute Gasteiger partial charge is 0.456 e. The number of rotatable bonds is 12. The van der Waals surface area contributed by atoms with Crippen molar-refractivity contribution in [3.05, 3.63) is 47.5 Å². The van der Waals surface area contributed by atoms with Gasteiger partial charge in [-0.2, -0.15) is 0 Å². The number of hydrogen-bond acceptors (Lipinski definition) is 6. The molecule has 45 heavy (non-hydrogen) atoms. The summed E-state index contributed by atoms with van der Waals surface area (Å²) in [4.78, 5) is 59.8. The van der Waals surface area contributed by atoms with Gasteiger partial charge in [-0.1, -0.05) is 70.5 Å². The van der Waals surface area contributed by atoms with Crippen LogP contribution < -0.4 is 5.32 Å². The average Bonchev–Trinajstić information content (AvgIpc) is 3.51. The van der Waals surface area contributed by atoms with Gasteiger partial charge in [-0.3, -0.25) is 19.3 Å². The summed E-state index contributed by atoms with van der Waals surface area (Å²) in [6, 6.07) is 7.84. The molecule has 0 aliphatic carbocycles. The molecule has 0 bridgehead atoms. The molecule has 3 amide bonds. The summed E-state index contributed by atoms with van der Waals surface area (Å²) in [5.74, 6) is -1.02. The van der Waals surface area contributed by atoms with Crippen molar-refractivity contribution in [3.8, 4) is 0 Å². The van der Waals surface area contributed by atoms with Crippen molar-refractivity contribution >= 4 is 23.7 Å². The Balaban J connectivity index is 1.73. The van der Waals surface area contributed by atoms with Crippen LogP contribution in [0.2, 0.25) is 0 Å². The van der Waals surface area contributed by atoms with Crippen LogP contribution in [0.15, 0.2) is 42.0 Å². The number of ether oxygens (including phenoxy) is 1. The molecule has 2 aliphatic rings. The van der Waals surface area contributed by atoms with Gasteiger partial charge < -0.3 is 19.9 Å². The van der Waals surface area contributed by atoms with Crippen molar-refractivity contribution in [3.63, 3.8) is 0 Å². The van der Waals surface area contributed by atoms with E-state index in [9.17, 15) is 19.2 Å². The van der Waals surface area contributed by atoms with Crippen LogP contribution in [0.25, 0.3) is 0 Å². The van der Waals surface area contributed by atoms with E-state index in [2.05, 4.69) is 24.1 Å². The summed E-state index contributed by atoms with van der Waals surface area (Å²) in [5.41, 5.74) is 1.38. The monoisotopic (exact) mass is 624 g/mol. The number of benzene rings is 1. The van der Waals surface area contributed by atoms with Crippen LogP contribution in [-0.2, 0) is 23.9 Å². The van der Waals surface area contributed by atoms with Crippen molar-refractivity contribution in [1.82, 2.24) is 20.0 Å². The van der Waals surface area contributed by atoms with E-state index in [0.29, 0.717) is 18.5 Å². The maximum absolute atomic E-state index is 13.9. The number of hydrogen-bond donors (Lipinski definition) is 1. The van der Waals surface area contributed by atoms with Crippen LogP contribution in [0.3, 0.4) is 0 Å². The number of likely N-dealkylation sites (N-methyl/N-ethyl adjacent to an activating group) is 1. The molecule has 1 aromatic carbocycles. The maximum Gasteiger partial charge on any atom is 0.329 e. The van der Waals surface area contributed by atoms with Gasteiger partial charge >= 0.3 is 5.97 Å². The highest BCUT2D eigenvalue weighted by molar-refractivity contribution is 5.96. The van der Waals surface area contributed by atoms with E-state index < -0.39 is 24.2 Å². The summed E-state index contributed by atoms with van der Waals surface area (Å²) in [5, 5.41) is 3.09. The van der Waals surface area contributed by atoms with Crippen molar-refractivity contribution in [2.45, 2.75) is 124 Å². The number of amides is 3. The van der Waals surface area contributed by atoms with Crippen LogP contribution in [0.4, 0.5) is 0 Å². The Kier molecular flexibility index (Phi) is 13.2. The fourth-order valence-corrected chi connectivity index (χ4v) is 6.59. The lowest BCUT2D eigenvalue weighted by molar-refractivity contribution is -0.156. The number of likely N-dealkylation sites (tertiary alicyclic amines) is 2. The van der Waals surface area contributed by atoms with Crippen molar-refractivity contribution in [2.24, 2.45) is 11.8 Å². The molecular formula is C36H56N4O5. The first kappa shape index (κ1) is 36.3. The molecule has 0 spiro atoms. The van der Waals surface area contributed by atoms with E-state index in [0.717, 1.165) is 37.8 Å². The summed E-state index contributed by atoms with van der Waals surface area (Å²) in [6.45, 7) is 17.0. The zero-order chi connectivity index (χ0) is 33.4. The second-order valence-corrected chi connectivity index (χ2v) is 13.8. The lowest BCUT2D eigenvalue weighted by Gasteiger charge is -2.39. The number of esters is 1. The third kappa shape index (κ3) is 9.18. The smallest absolute Gasteiger partial charge is 0.329 e. The molecule has 1 N–H and O–H groups in total. The summed E-state index contributed by atoms with van der Waals surface area (Å²) in [6.07, 6.45) is 5.54. The minimum Gasteiger partial charge on any atom is -0.456 e. The zero-order valence-electron chi connectivity index (χ0n) is 28.9. The first-order valence-corrected chi connectivity index (χ1v) is 16.8. The molecule has 1 unspecified atom stereocenters. The van der Waals surface area contributed by atoms with Gasteiger partial charge in [0, 0.05) is 25.2 Å². The summed E-state index contributed by atoms with van der Waals surface area (Å²) >= 11 is 0. The molecule has 2 saturated heterocycles. The molecule has 0 radical (unpaired) electrons. The molecule has 2 aliphatic heterocycles. The number of nitrogens with zero attached hydrogens (tertiary/aromatic N) is 3. The molecule has 0 saturated carbocycles. The topological polar surface area (TPSA) is 99.3 Å². The van der Waals surface area contributed by atoms with Gasteiger partial charge in [-0.15, -0.1) is 0 Å². The Morgan fingerprint density at radius 2 is 1.53 bits per heavy atom. The minimum absolute atomic E-state index is 0.00560. The molecule has 2 heterocycles. The normalized spacial score (nSPS) is 21.5. The molecular weight excluding hydrogens is 568 g/mol. The van der Waals surface area contributed by atoms with Gasteiger partial charge in [0.25, 0.3) is 0 Å². The highest BCUT2D eigenvalue weighted by Gasteiger charge is 2.38. The lowest BCUT2D eigenvalue weighted by Crippen LogP contribution is -2.58. The number of nitrogens with one attached hydrogen (secondary N) is 1. The SMILES string of the molecule is C/C(=C\[C@H](C(C)C)N(C)C(=O)[C@@H](NC(=O)[C@H]1CCCCN1C(C)C)C(C)C)C(=O)N1CCC[C@H]1C(=O)OC(C)c1ccccc1. The third-order valence-corrected chi connectivity index (χ3v) is 9.32. The predicted octanol–water partition coefficient (Wildman–Crippen LogP) is 5.11. The Bertz CT molecular complexity index is 1200. The van der Waals surface area contributed by atoms with Crippen LogP contribution >= 0.6 is 0 Å². The van der Waals surface area contributed by atoms with Gasteiger partial charge in [0.2, 0.25) is 17.7 Å². The highest BCUT2D eigenvalue weighted by atomic mass is 16.5. The highest BCUT2D eigenvalue weighted by Crippen LogP contribution is 2.26. The van der Waals surface area contributed by atoms with E-state index in [-0.39, 0.29) is 47.7 Å². The van der Waals surface area contributed by atoms with Crippen LogP contribution in [-0.4, -0.2) is 88.7 Å². The number of piperidine rings is 1. The van der Waals surface area contributed by atoms with Crippen molar-refractivity contribution < 1.29 is 23.9 Å². The fourth-order valence-electron chi connectivity index (χ4n) is 6.59. The zero-order valence-corrected chi connectivity index (χ0v) is 28.9. The van der Waals surface area contributed by atoms with Crippen LogP contribution in [0, 0.1) is 11.8 Å². The fraction of sp³-hybridized carbons (Fsp3) is 0.667. The second kappa shape index (κ2) is 16.4. The van der Waals surface area contributed by atoms with Gasteiger partial charge in [0.1, 0.15) is 18.2 Å². The molecule has 250 valence electrons. The van der Waals surface area contributed by atoms with E-state index in [4.69, 9.17) is 4.74 Å². The lowest BCUT2D eigenvalue weighted by atomic mass is 9.95. The summed E-state index contributed by atoms with van der Waals surface area (Å²) < 4.78 is 5.77. The molecule has 0 aromatic heterocycles. The van der Waals surface area contributed by atoms with E-state index in [1.54, 1.807) is 23.8 Å². The van der Waals surface area contributed by atoms with Gasteiger partial charge in [0.15, 0.2) is 0 Å². The number of carbonyl (C=O) groups is 4. The molecule has 1 aromatic rings. The molecule has 3 rings (SSSR count). The molecule has 2 fully saturated rings. The van der Waals surface area contributed by atoms with Crippen LogP contribution in [0.1, 0.15) is 99.2 Å².